The summed E-state index contributed by atoms with van der Waals surface area (Å²) in [5.74, 6) is -0.163. The highest BCUT2D eigenvalue weighted by Crippen LogP contribution is 2.23. The number of benzene rings is 1. The van der Waals surface area contributed by atoms with Gasteiger partial charge in [-0.25, -0.2) is 0 Å². The third-order valence-corrected chi connectivity index (χ3v) is 3.95. The molecule has 0 atom stereocenters. The Balaban J connectivity index is 2.13. The second kappa shape index (κ2) is 7.90. The van der Waals surface area contributed by atoms with Crippen LogP contribution in [0.4, 0.5) is 0 Å². The number of aromatic nitrogens is 2. The van der Waals surface area contributed by atoms with Gasteiger partial charge in [0.05, 0.1) is 0 Å². The quantitative estimate of drug-likeness (QED) is 0.767. The van der Waals surface area contributed by atoms with Crippen LogP contribution in [0.25, 0.3) is 11.4 Å². The van der Waals surface area contributed by atoms with Gasteiger partial charge >= 0.3 is 5.97 Å². The maximum atomic E-state index is 12.6. The van der Waals surface area contributed by atoms with Gasteiger partial charge in [0.2, 0.25) is 11.7 Å². The molecule has 7 heteroatoms. The van der Waals surface area contributed by atoms with Crippen LogP contribution in [0.3, 0.4) is 0 Å². The van der Waals surface area contributed by atoms with Crippen molar-refractivity contribution in [2.24, 2.45) is 5.41 Å². The van der Waals surface area contributed by atoms with Gasteiger partial charge in [0, 0.05) is 29.5 Å². The number of carbonyl (C=O) groups is 2. The minimum atomic E-state index is -0.887. The molecule has 7 nitrogen and oxygen atoms in total. The Morgan fingerprint density at radius 1 is 1.19 bits per heavy atom. The summed E-state index contributed by atoms with van der Waals surface area (Å²) in [4.78, 5) is 27.7. The molecule has 1 amide bonds. The van der Waals surface area contributed by atoms with E-state index in [2.05, 4.69) is 36.2 Å². The van der Waals surface area contributed by atoms with Gasteiger partial charge in [-0.2, -0.15) is 4.98 Å². The molecule has 27 heavy (non-hydrogen) atoms. The van der Waals surface area contributed by atoms with E-state index in [0.717, 1.165) is 0 Å². The van der Waals surface area contributed by atoms with Crippen LogP contribution in [0.2, 0.25) is 0 Å². The summed E-state index contributed by atoms with van der Waals surface area (Å²) >= 11 is 0. The molecule has 0 fully saturated rings. The van der Waals surface area contributed by atoms with E-state index < -0.39 is 11.5 Å². The van der Waals surface area contributed by atoms with Crippen molar-refractivity contribution in [3.63, 3.8) is 0 Å². The average molecular weight is 373 g/mol. The average Bonchev–Trinajstić information content (AvgIpc) is 2.99. The molecule has 2 rings (SSSR count). The molecule has 0 radical (unpaired) electrons. The Morgan fingerprint density at radius 3 is 2.52 bits per heavy atom. The molecule has 0 aliphatic rings. The molecule has 1 aromatic heterocycles. The highest BCUT2D eigenvalue weighted by Gasteiger charge is 2.23. The first-order chi connectivity index (χ1) is 12.5. The van der Waals surface area contributed by atoms with Crippen molar-refractivity contribution >= 4 is 11.9 Å². The number of carbonyl (C=O) groups excluding carboxylic acids is 1. The lowest BCUT2D eigenvalue weighted by Gasteiger charge is -2.25. The van der Waals surface area contributed by atoms with Crippen molar-refractivity contribution in [1.82, 2.24) is 15.5 Å². The zero-order valence-electron chi connectivity index (χ0n) is 16.5. The first-order valence-electron chi connectivity index (χ1n) is 8.92. The van der Waals surface area contributed by atoms with Crippen LogP contribution in [0, 0.1) is 5.41 Å². The SMILES string of the molecule is CC(C)(C)Cc1nc(-c2cccc(C(=O)NC(C)(C)CCC(=O)O)c2)no1. The summed E-state index contributed by atoms with van der Waals surface area (Å²) in [5.41, 5.74) is 0.554. The number of rotatable bonds is 7. The van der Waals surface area contributed by atoms with Crippen molar-refractivity contribution in [3.05, 3.63) is 35.7 Å². The fraction of sp³-hybridized carbons (Fsp3) is 0.500. The third kappa shape index (κ3) is 6.51. The van der Waals surface area contributed by atoms with E-state index in [1.165, 1.54) is 0 Å². The number of carboxylic acids is 1. The number of amides is 1. The number of nitrogens with zero attached hydrogens (tertiary/aromatic N) is 2. The summed E-state index contributed by atoms with van der Waals surface area (Å²) in [5, 5.41) is 15.7. The second-order valence-corrected chi connectivity index (χ2v) is 8.56. The topological polar surface area (TPSA) is 105 Å². The molecule has 0 unspecified atom stereocenters. The van der Waals surface area contributed by atoms with E-state index in [9.17, 15) is 9.59 Å². The minimum absolute atomic E-state index is 0.00721. The Morgan fingerprint density at radius 2 is 1.89 bits per heavy atom. The molecular weight excluding hydrogens is 346 g/mol. The highest BCUT2D eigenvalue weighted by molar-refractivity contribution is 5.95. The first-order valence-corrected chi connectivity index (χ1v) is 8.92. The van der Waals surface area contributed by atoms with Gasteiger partial charge in [0.1, 0.15) is 0 Å². The monoisotopic (exact) mass is 373 g/mol. The van der Waals surface area contributed by atoms with E-state index in [1.54, 1.807) is 32.0 Å². The van der Waals surface area contributed by atoms with Crippen LogP contribution >= 0.6 is 0 Å². The summed E-state index contributed by atoms with van der Waals surface area (Å²) in [6, 6.07) is 6.98. The van der Waals surface area contributed by atoms with E-state index in [-0.39, 0.29) is 17.7 Å². The summed E-state index contributed by atoms with van der Waals surface area (Å²) in [7, 11) is 0. The molecule has 2 aromatic rings. The summed E-state index contributed by atoms with van der Waals surface area (Å²) < 4.78 is 5.31. The lowest BCUT2D eigenvalue weighted by molar-refractivity contribution is -0.137. The molecule has 0 aliphatic carbocycles. The van der Waals surface area contributed by atoms with Gasteiger partial charge in [-0.1, -0.05) is 38.1 Å². The molecule has 0 spiro atoms. The van der Waals surface area contributed by atoms with E-state index in [1.807, 2.05) is 6.07 Å². The fourth-order valence-electron chi connectivity index (χ4n) is 2.56. The standard InChI is InChI=1S/C20H27N3O4/c1-19(2,3)12-15-21-17(23-27-15)13-7-6-8-14(11-13)18(26)22-20(4,5)10-9-16(24)25/h6-8,11H,9-10,12H2,1-5H3,(H,22,26)(H,24,25). The molecule has 0 saturated heterocycles. The van der Waals surface area contributed by atoms with Crippen LogP contribution in [0.1, 0.15) is 63.7 Å². The maximum absolute atomic E-state index is 12.6. The van der Waals surface area contributed by atoms with Crippen molar-refractivity contribution in [3.8, 4) is 11.4 Å². The smallest absolute Gasteiger partial charge is 0.303 e. The molecule has 0 bridgehead atoms. The zero-order chi connectivity index (χ0) is 20.2. The molecule has 1 heterocycles. The number of aliphatic carboxylic acids is 1. The van der Waals surface area contributed by atoms with E-state index in [4.69, 9.17) is 9.63 Å². The van der Waals surface area contributed by atoms with Crippen molar-refractivity contribution < 1.29 is 19.2 Å². The van der Waals surface area contributed by atoms with Crippen molar-refractivity contribution in [2.75, 3.05) is 0 Å². The Kier molecular flexibility index (Phi) is 6.03. The van der Waals surface area contributed by atoms with Crippen LogP contribution in [0.5, 0.6) is 0 Å². The van der Waals surface area contributed by atoms with Crippen LogP contribution in [0.15, 0.2) is 28.8 Å². The maximum Gasteiger partial charge on any atom is 0.303 e. The van der Waals surface area contributed by atoms with Crippen LogP contribution in [-0.4, -0.2) is 32.7 Å². The zero-order valence-corrected chi connectivity index (χ0v) is 16.5. The lowest BCUT2D eigenvalue weighted by Crippen LogP contribution is -2.43. The predicted octanol–water partition coefficient (Wildman–Crippen LogP) is 3.70. The predicted molar refractivity (Wildman–Crippen MR) is 101 cm³/mol. The fourth-order valence-corrected chi connectivity index (χ4v) is 2.56. The van der Waals surface area contributed by atoms with Crippen LogP contribution < -0.4 is 5.32 Å². The Bertz CT molecular complexity index is 819. The lowest BCUT2D eigenvalue weighted by atomic mass is 9.92. The normalized spacial score (nSPS) is 12.0. The van der Waals surface area contributed by atoms with Crippen LogP contribution in [-0.2, 0) is 11.2 Å². The van der Waals surface area contributed by atoms with Gasteiger partial charge in [0.25, 0.3) is 5.91 Å². The molecule has 1 aromatic carbocycles. The highest BCUT2D eigenvalue weighted by atomic mass is 16.5. The molecule has 146 valence electrons. The second-order valence-electron chi connectivity index (χ2n) is 8.56. The minimum Gasteiger partial charge on any atom is -0.481 e. The van der Waals surface area contributed by atoms with Gasteiger partial charge in [-0.05, 0) is 37.8 Å². The summed E-state index contributed by atoms with van der Waals surface area (Å²) in [6.07, 6.45) is 0.999. The Hall–Kier alpha value is -2.70. The largest absolute Gasteiger partial charge is 0.481 e. The molecule has 0 saturated carbocycles. The summed E-state index contributed by atoms with van der Waals surface area (Å²) in [6.45, 7) is 9.88. The van der Waals surface area contributed by atoms with Gasteiger partial charge in [-0.3, -0.25) is 9.59 Å². The number of hydrogen-bond acceptors (Lipinski definition) is 5. The van der Waals surface area contributed by atoms with Gasteiger partial charge in [-0.15, -0.1) is 0 Å². The van der Waals surface area contributed by atoms with Crippen molar-refractivity contribution in [1.29, 1.82) is 0 Å². The number of carboxylic acid groups (broad SMARTS) is 1. The first kappa shape index (κ1) is 20.6. The van der Waals surface area contributed by atoms with Gasteiger partial charge < -0.3 is 14.9 Å². The van der Waals surface area contributed by atoms with Crippen molar-refractivity contribution in [2.45, 2.75) is 59.4 Å². The van der Waals surface area contributed by atoms with E-state index >= 15 is 0 Å². The number of nitrogens with one attached hydrogen (secondary N) is 1. The molecule has 0 aliphatic heterocycles. The van der Waals surface area contributed by atoms with E-state index in [0.29, 0.717) is 35.7 Å². The number of hydrogen-bond donors (Lipinski definition) is 2. The molecule has 2 N–H and O–H groups in total. The Labute approximate surface area is 159 Å². The molecular formula is C20H27N3O4. The third-order valence-electron chi connectivity index (χ3n) is 3.95. The van der Waals surface area contributed by atoms with Gasteiger partial charge in [0.15, 0.2) is 0 Å².